The quantitative estimate of drug-likeness (QED) is 0.840. The Kier molecular flexibility index (Phi) is 5.55. The van der Waals surface area contributed by atoms with E-state index in [9.17, 15) is 4.79 Å². The number of carbonyl (C=O) groups is 1. The standard InChI is InChI=1S/C16H17NO4S/c1-3-20-12-7-5-11(9-13(12)21-4-2)6-8-15-17-10-14(22-15)16(18)19/h5-10H,3-4H2,1-2H3,(H,18,19)/b8-6+. The molecule has 116 valence electrons. The molecule has 1 aromatic heterocycles. The van der Waals surface area contributed by atoms with Gasteiger partial charge in [-0.15, -0.1) is 11.3 Å². The number of hydrogen-bond acceptors (Lipinski definition) is 5. The van der Waals surface area contributed by atoms with E-state index in [0.717, 1.165) is 16.9 Å². The first kappa shape index (κ1) is 16.0. The first-order valence-electron chi connectivity index (χ1n) is 6.90. The molecule has 1 aromatic carbocycles. The van der Waals surface area contributed by atoms with Crippen LogP contribution >= 0.6 is 11.3 Å². The monoisotopic (exact) mass is 319 g/mol. The zero-order chi connectivity index (χ0) is 15.9. The first-order valence-corrected chi connectivity index (χ1v) is 7.72. The second-order valence-corrected chi connectivity index (χ2v) is 5.34. The van der Waals surface area contributed by atoms with Gasteiger partial charge in [-0.3, -0.25) is 0 Å². The highest BCUT2D eigenvalue weighted by Gasteiger charge is 2.07. The summed E-state index contributed by atoms with van der Waals surface area (Å²) in [7, 11) is 0. The summed E-state index contributed by atoms with van der Waals surface area (Å²) in [6.07, 6.45) is 5.00. The predicted molar refractivity (Wildman–Crippen MR) is 86.8 cm³/mol. The number of benzene rings is 1. The normalized spacial score (nSPS) is 10.8. The van der Waals surface area contributed by atoms with Crippen molar-refractivity contribution >= 4 is 29.5 Å². The van der Waals surface area contributed by atoms with E-state index in [-0.39, 0.29) is 4.88 Å². The number of nitrogens with zero attached hydrogens (tertiary/aromatic N) is 1. The Morgan fingerprint density at radius 3 is 2.59 bits per heavy atom. The van der Waals surface area contributed by atoms with Gasteiger partial charge in [-0.2, -0.15) is 0 Å². The first-order chi connectivity index (χ1) is 10.6. The van der Waals surface area contributed by atoms with E-state index in [0.29, 0.717) is 29.7 Å². The number of ether oxygens (including phenoxy) is 2. The van der Waals surface area contributed by atoms with E-state index < -0.39 is 5.97 Å². The Morgan fingerprint density at radius 2 is 1.95 bits per heavy atom. The highest BCUT2D eigenvalue weighted by molar-refractivity contribution is 7.14. The van der Waals surface area contributed by atoms with E-state index in [2.05, 4.69) is 4.98 Å². The summed E-state index contributed by atoms with van der Waals surface area (Å²) in [5.74, 6) is 0.442. The van der Waals surface area contributed by atoms with Gasteiger partial charge in [0.15, 0.2) is 11.5 Å². The summed E-state index contributed by atoms with van der Waals surface area (Å²) in [6.45, 7) is 4.97. The molecule has 22 heavy (non-hydrogen) atoms. The molecule has 0 aliphatic heterocycles. The van der Waals surface area contributed by atoms with Crippen molar-refractivity contribution in [2.75, 3.05) is 13.2 Å². The second-order valence-electron chi connectivity index (χ2n) is 4.27. The Balaban J connectivity index is 2.19. The third kappa shape index (κ3) is 4.08. The Morgan fingerprint density at radius 1 is 1.23 bits per heavy atom. The van der Waals surface area contributed by atoms with Gasteiger partial charge in [-0.1, -0.05) is 12.1 Å². The van der Waals surface area contributed by atoms with Gasteiger partial charge in [-0.25, -0.2) is 9.78 Å². The van der Waals surface area contributed by atoms with Gasteiger partial charge in [0, 0.05) is 0 Å². The van der Waals surface area contributed by atoms with Crippen molar-refractivity contribution in [2.24, 2.45) is 0 Å². The molecule has 0 bridgehead atoms. The molecule has 0 aliphatic rings. The van der Waals surface area contributed by atoms with E-state index >= 15 is 0 Å². The molecule has 0 saturated heterocycles. The van der Waals surface area contributed by atoms with Gasteiger partial charge in [0.1, 0.15) is 9.88 Å². The van der Waals surface area contributed by atoms with Crippen molar-refractivity contribution in [1.29, 1.82) is 0 Å². The van der Waals surface area contributed by atoms with Gasteiger partial charge in [-0.05, 0) is 37.6 Å². The SMILES string of the molecule is CCOc1ccc(/C=C/c2ncc(C(=O)O)s2)cc1OCC. The molecule has 0 saturated carbocycles. The maximum absolute atomic E-state index is 10.8. The van der Waals surface area contributed by atoms with Crippen LogP contribution in [-0.4, -0.2) is 29.3 Å². The lowest BCUT2D eigenvalue weighted by atomic mass is 10.2. The molecular weight excluding hydrogens is 302 g/mol. The van der Waals surface area contributed by atoms with Crippen LogP contribution in [0.25, 0.3) is 12.2 Å². The molecule has 0 radical (unpaired) electrons. The molecule has 5 nitrogen and oxygen atoms in total. The minimum absolute atomic E-state index is 0.223. The van der Waals surface area contributed by atoms with Crippen molar-refractivity contribution in [2.45, 2.75) is 13.8 Å². The topological polar surface area (TPSA) is 68.7 Å². The second kappa shape index (κ2) is 7.61. The van der Waals surface area contributed by atoms with Crippen LogP contribution in [0.15, 0.2) is 24.4 Å². The molecule has 0 fully saturated rings. The molecule has 0 amide bonds. The highest BCUT2D eigenvalue weighted by Crippen LogP contribution is 2.29. The molecule has 2 rings (SSSR count). The summed E-state index contributed by atoms with van der Waals surface area (Å²) < 4.78 is 11.1. The lowest BCUT2D eigenvalue weighted by Crippen LogP contribution is -1.98. The molecular formula is C16H17NO4S. The van der Waals surface area contributed by atoms with Gasteiger partial charge < -0.3 is 14.6 Å². The van der Waals surface area contributed by atoms with Crippen molar-refractivity contribution in [3.63, 3.8) is 0 Å². The van der Waals surface area contributed by atoms with Crippen LogP contribution in [0.5, 0.6) is 11.5 Å². The van der Waals surface area contributed by atoms with Crippen molar-refractivity contribution < 1.29 is 19.4 Å². The summed E-state index contributed by atoms with van der Waals surface area (Å²) in [5, 5.41) is 9.52. The van der Waals surface area contributed by atoms with Gasteiger partial charge in [0.05, 0.1) is 19.4 Å². The number of aromatic carboxylic acids is 1. The van der Waals surface area contributed by atoms with Crippen LogP contribution in [0.3, 0.4) is 0 Å². The molecule has 0 atom stereocenters. The lowest BCUT2D eigenvalue weighted by molar-refractivity contribution is 0.0702. The molecule has 0 aliphatic carbocycles. The molecule has 0 unspecified atom stereocenters. The Labute approximate surface area is 132 Å². The van der Waals surface area contributed by atoms with Crippen molar-refractivity contribution in [3.05, 3.63) is 39.8 Å². The number of thiazole rings is 1. The minimum atomic E-state index is -0.961. The number of carboxylic acid groups (broad SMARTS) is 1. The molecule has 0 spiro atoms. The summed E-state index contributed by atoms with van der Waals surface area (Å²) in [6, 6.07) is 5.66. The van der Waals surface area contributed by atoms with Crippen LogP contribution in [0, 0.1) is 0 Å². The fraction of sp³-hybridized carbons (Fsp3) is 0.250. The van der Waals surface area contributed by atoms with Gasteiger partial charge >= 0.3 is 5.97 Å². The fourth-order valence-corrected chi connectivity index (χ4v) is 2.46. The van der Waals surface area contributed by atoms with Crippen molar-refractivity contribution in [3.8, 4) is 11.5 Å². The average molecular weight is 319 g/mol. The number of aromatic nitrogens is 1. The average Bonchev–Trinajstić information content (AvgIpc) is 2.97. The minimum Gasteiger partial charge on any atom is -0.490 e. The fourth-order valence-electron chi connectivity index (χ4n) is 1.80. The molecule has 1 heterocycles. The van der Waals surface area contributed by atoms with Crippen LogP contribution < -0.4 is 9.47 Å². The zero-order valence-corrected chi connectivity index (χ0v) is 13.2. The highest BCUT2D eigenvalue weighted by atomic mass is 32.1. The zero-order valence-electron chi connectivity index (χ0n) is 12.4. The predicted octanol–water partition coefficient (Wildman–Crippen LogP) is 3.81. The summed E-state index contributed by atoms with van der Waals surface area (Å²) >= 11 is 1.13. The van der Waals surface area contributed by atoms with Crippen LogP contribution in [0.1, 0.15) is 34.1 Å². The van der Waals surface area contributed by atoms with Gasteiger partial charge in [0.25, 0.3) is 0 Å². The maximum atomic E-state index is 10.8. The summed E-state index contributed by atoms with van der Waals surface area (Å²) in [4.78, 5) is 15.1. The van der Waals surface area contributed by atoms with Crippen LogP contribution in [0.2, 0.25) is 0 Å². The van der Waals surface area contributed by atoms with Gasteiger partial charge in [0.2, 0.25) is 0 Å². The van der Waals surface area contributed by atoms with E-state index in [1.165, 1.54) is 6.20 Å². The third-order valence-electron chi connectivity index (χ3n) is 2.72. The third-order valence-corrected chi connectivity index (χ3v) is 3.67. The Bertz CT molecular complexity index is 679. The van der Waals surface area contributed by atoms with Crippen LogP contribution in [0.4, 0.5) is 0 Å². The van der Waals surface area contributed by atoms with E-state index in [1.807, 2.05) is 38.1 Å². The lowest BCUT2D eigenvalue weighted by Gasteiger charge is -2.11. The van der Waals surface area contributed by atoms with Crippen molar-refractivity contribution in [1.82, 2.24) is 4.98 Å². The molecule has 6 heteroatoms. The molecule has 2 aromatic rings. The largest absolute Gasteiger partial charge is 0.490 e. The number of carboxylic acids is 1. The van der Waals surface area contributed by atoms with E-state index in [1.54, 1.807) is 6.08 Å². The number of rotatable bonds is 7. The summed E-state index contributed by atoms with van der Waals surface area (Å²) in [5.41, 5.74) is 0.930. The maximum Gasteiger partial charge on any atom is 0.347 e. The molecule has 1 N–H and O–H groups in total. The number of hydrogen-bond donors (Lipinski definition) is 1. The Hall–Kier alpha value is -2.34. The van der Waals surface area contributed by atoms with E-state index in [4.69, 9.17) is 14.6 Å². The smallest absolute Gasteiger partial charge is 0.347 e. The van der Waals surface area contributed by atoms with Crippen LogP contribution in [-0.2, 0) is 0 Å².